The zero-order valence-electron chi connectivity index (χ0n) is 9.92. The van der Waals surface area contributed by atoms with Crippen LogP contribution in [0.25, 0.3) is 0 Å². The Balaban J connectivity index is 2.94. The third kappa shape index (κ3) is 2.93. The number of nitrogens with two attached hydrogens (primary N) is 1. The van der Waals surface area contributed by atoms with Crippen LogP contribution >= 0.6 is 0 Å². The number of hydrogen-bond donors (Lipinski definition) is 1. The summed E-state index contributed by atoms with van der Waals surface area (Å²) in [5.74, 6) is 0.109. The lowest BCUT2D eigenvalue weighted by Gasteiger charge is -2.25. The van der Waals surface area contributed by atoms with Gasteiger partial charge in [-0.2, -0.15) is 0 Å². The highest BCUT2D eigenvalue weighted by Gasteiger charge is 2.25. The highest BCUT2D eigenvalue weighted by atomic mass is 19.1. The Morgan fingerprint density at radius 3 is 2.62 bits per heavy atom. The van der Waals surface area contributed by atoms with Crippen LogP contribution in [0.1, 0.15) is 19.4 Å². The minimum Gasteiger partial charge on any atom is -0.497 e. The molecule has 1 aromatic rings. The van der Waals surface area contributed by atoms with Crippen LogP contribution in [0.4, 0.5) is 4.39 Å². The van der Waals surface area contributed by atoms with Crippen molar-refractivity contribution in [1.29, 1.82) is 0 Å². The van der Waals surface area contributed by atoms with Gasteiger partial charge in [0, 0.05) is 18.2 Å². The summed E-state index contributed by atoms with van der Waals surface area (Å²) in [7, 11) is 1.50. The first-order chi connectivity index (χ1) is 7.51. The molecule has 16 heavy (non-hydrogen) atoms. The molecule has 0 heterocycles. The van der Waals surface area contributed by atoms with Crippen LogP contribution in [-0.2, 0) is 10.3 Å². The Bertz CT molecular complexity index is 353. The summed E-state index contributed by atoms with van der Waals surface area (Å²) in [6.45, 7) is 4.46. The molecule has 0 saturated heterocycles. The van der Waals surface area contributed by atoms with Gasteiger partial charge in [0.05, 0.1) is 19.3 Å². The van der Waals surface area contributed by atoms with Gasteiger partial charge in [-0.25, -0.2) is 4.39 Å². The molecule has 0 bridgehead atoms. The number of rotatable bonds is 5. The quantitative estimate of drug-likeness (QED) is 0.837. The lowest BCUT2D eigenvalue weighted by molar-refractivity contribution is 0.0993. The first-order valence-corrected chi connectivity index (χ1v) is 5.22. The van der Waals surface area contributed by atoms with Crippen LogP contribution in [0.3, 0.4) is 0 Å². The van der Waals surface area contributed by atoms with E-state index in [-0.39, 0.29) is 12.4 Å². The Hall–Kier alpha value is -1.13. The van der Waals surface area contributed by atoms with Crippen molar-refractivity contribution in [2.75, 3.05) is 20.3 Å². The van der Waals surface area contributed by atoms with Gasteiger partial charge in [0.25, 0.3) is 0 Å². The molecule has 2 N–H and O–H groups in total. The summed E-state index contributed by atoms with van der Waals surface area (Å²) >= 11 is 0. The Morgan fingerprint density at radius 2 is 2.12 bits per heavy atom. The van der Waals surface area contributed by atoms with E-state index >= 15 is 0 Å². The van der Waals surface area contributed by atoms with Crippen molar-refractivity contribution in [3.05, 3.63) is 29.6 Å². The zero-order chi connectivity index (χ0) is 12.2. The highest BCUT2D eigenvalue weighted by Crippen LogP contribution is 2.24. The van der Waals surface area contributed by atoms with E-state index in [9.17, 15) is 4.39 Å². The van der Waals surface area contributed by atoms with Gasteiger partial charge in [0.1, 0.15) is 11.6 Å². The molecule has 0 fully saturated rings. The van der Waals surface area contributed by atoms with Crippen LogP contribution in [0.5, 0.6) is 5.75 Å². The molecule has 0 aliphatic heterocycles. The molecule has 0 amide bonds. The molecule has 0 aliphatic carbocycles. The number of halogens is 1. The van der Waals surface area contributed by atoms with Crippen LogP contribution < -0.4 is 10.5 Å². The van der Waals surface area contributed by atoms with Crippen LogP contribution in [0.15, 0.2) is 18.2 Å². The van der Waals surface area contributed by atoms with Crippen LogP contribution in [-0.4, -0.2) is 20.3 Å². The fourth-order valence-corrected chi connectivity index (χ4v) is 1.48. The van der Waals surface area contributed by atoms with E-state index in [0.717, 1.165) is 0 Å². The van der Waals surface area contributed by atoms with Crippen molar-refractivity contribution in [2.45, 2.75) is 19.4 Å². The second-order valence-corrected chi connectivity index (χ2v) is 3.90. The van der Waals surface area contributed by atoms with Crippen molar-refractivity contribution in [3.63, 3.8) is 0 Å². The maximum absolute atomic E-state index is 13.7. The van der Waals surface area contributed by atoms with Crippen molar-refractivity contribution in [3.8, 4) is 5.75 Å². The minimum absolute atomic E-state index is 0.284. The smallest absolute Gasteiger partial charge is 0.132 e. The SMILES string of the molecule is CCOCC(C)(N)c1ccc(OC)cc1F. The second-order valence-electron chi connectivity index (χ2n) is 3.90. The lowest BCUT2D eigenvalue weighted by atomic mass is 9.93. The average molecular weight is 227 g/mol. The van der Waals surface area contributed by atoms with E-state index in [1.54, 1.807) is 19.1 Å². The monoisotopic (exact) mass is 227 g/mol. The normalized spacial score (nSPS) is 14.6. The molecule has 0 saturated carbocycles. The molecule has 0 aromatic heterocycles. The van der Waals surface area contributed by atoms with Gasteiger partial charge in [-0.15, -0.1) is 0 Å². The third-order valence-corrected chi connectivity index (χ3v) is 2.40. The molecular formula is C12H18FNO2. The van der Waals surface area contributed by atoms with Crippen molar-refractivity contribution in [1.82, 2.24) is 0 Å². The fraction of sp³-hybridized carbons (Fsp3) is 0.500. The first-order valence-electron chi connectivity index (χ1n) is 5.22. The van der Waals surface area contributed by atoms with Crippen molar-refractivity contribution >= 4 is 0 Å². The molecule has 0 aliphatic rings. The topological polar surface area (TPSA) is 44.5 Å². The first kappa shape index (κ1) is 12.9. The van der Waals surface area contributed by atoms with E-state index in [0.29, 0.717) is 17.9 Å². The van der Waals surface area contributed by atoms with Crippen molar-refractivity contribution < 1.29 is 13.9 Å². The van der Waals surface area contributed by atoms with Gasteiger partial charge < -0.3 is 15.2 Å². The second kappa shape index (κ2) is 5.27. The fourth-order valence-electron chi connectivity index (χ4n) is 1.48. The van der Waals surface area contributed by atoms with Gasteiger partial charge in [-0.1, -0.05) is 6.07 Å². The molecule has 1 atom stereocenters. The van der Waals surface area contributed by atoms with Gasteiger partial charge in [0.15, 0.2) is 0 Å². The number of ether oxygens (including phenoxy) is 2. The largest absolute Gasteiger partial charge is 0.497 e. The molecule has 4 heteroatoms. The summed E-state index contributed by atoms with van der Waals surface area (Å²) in [4.78, 5) is 0. The predicted octanol–water partition coefficient (Wildman–Crippen LogP) is 2.04. The molecule has 0 spiro atoms. The molecule has 1 aromatic carbocycles. The minimum atomic E-state index is -0.827. The highest BCUT2D eigenvalue weighted by molar-refractivity contribution is 5.33. The molecule has 1 rings (SSSR count). The third-order valence-electron chi connectivity index (χ3n) is 2.40. The lowest BCUT2D eigenvalue weighted by Crippen LogP contribution is -2.39. The molecular weight excluding hydrogens is 209 g/mol. The van der Waals surface area contributed by atoms with E-state index in [2.05, 4.69) is 0 Å². The summed E-state index contributed by atoms with van der Waals surface area (Å²) in [6.07, 6.45) is 0. The van der Waals surface area contributed by atoms with Gasteiger partial charge in [-0.05, 0) is 19.9 Å². The molecule has 90 valence electrons. The summed E-state index contributed by atoms with van der Waals surface area (Å²) < 4.78 is 23.9. The number of methoxy groups -OCH3 is 1. The zero-order valence-corrected chi connectivity index (χ0v) is 9.92. The molecule has 1 unspecified atom stereocenters. The van der Waals surface area contributed by atoms with Crippen LogP contribution in [0, 0.1) is 5.82 Å². The van der Waals surface area contributed by atoms with E-state index in [1.807, 2.05) is 6.92 Å². The van der Waals surface area contributed by atoms with E-state index < -0.39 is 5.54 Å². The van der Waals surface area contributed by atoms with Gasteiger partial charge in [0.2, 0.25) is 0 Å². The Labute approximate surface area is 95.4 Å². The van der Waals surface area contributed by atoms with Crippen LogP contribution in [0.2, 0.25) is 0 Å². The average Bonchev–Trinajstić information content (AvgIpc) is 2.25. The number of benzene rings is 1. The predicted molar refractivity (Wildman–Crippen MR) is 61.0 cm³/mol. The Kier molecular flexibility index (Phi) is 4.26. The maximum Gasteiger partial charge on any atom is 0.132 e. The molecule has 0 radical (unpaired) electrons. The maximum atomic E-state index is 13.7. The molecule has 3 nitrogen and oxygen atoms in total. The van der Waals surface area contributed by atoms with E-state index in [4.69, 9.17) is 15.2 Å². The van der Waals surface area contributed by atoms with Crippen molar-refractivity contribution in [2.24, 2.45) is 5.73 Å². The van der Waals surface area contributed by atoms with E-state index in [1.165, 1.54) is 13.2 Å². The van der Waals surface area contributed by atoms with Gasteiger partial charge in [-0.3, -0.25) is 0 Å². The van der Waals surface area contributed by atoms with Gasteiger partial charge >= 0.3 is 0 Å². The summed E-state index contributed by atoms with van der Waals surface area (Å²) in [5, 5.41) is 0. The Morgan fingerprint density at radius 1 is 1.44 bits per heavy atom. The summed E-state index contributed by atoms with van der Waals surface area (Å²) in [5.41, 5.74) is 5.62. The number of hydrogen-bond acceptors (Lipinski definition) is 3. The summed E-state index contributed by atoms with van der Waals surface area (Å²) in [6, 6.07) is 4.65. The standard InChI is InChI=1S/C12H18FNO2/c1-4-16-8-12(2,14)10-6-5-9(15-3)7-11(10)13/h5-7H,4,8,14H2,1-3H3.